The first kappa shape index (κ1) is 14.8. The third-order valence-electron chi connectivity index (χ3n) is 2.22. The number of hydrogen-bond acceptors (Lipinski definition) is 4. The SMILES string of the molecule is C=C(C)C(=O)OCC[CH2][Ti]([CH3])([O]C)[O]C. The Morgan fingerprint density at radius 2 is 1.87 bits per heavy atom. The molecule has 15 heavy (non-hydrogen) atoms. The molecule has 0 aliphatic carbocycles. The normalized spacial score (nSPS) is 11.2. The zero-order valence-corrected chi connectivity index (χ0v) is 11.5. The van der Waals surface area contributed by atoms with E-state index in [1.807, 2.05) is 5.23 Å². The molecular weight excluding hydrogens is 232 g/mol. The third-order valence-corrected chi connectivity index (χ3v) is 6.89. The van der Waals surface area contributed by atoms with Crippen LogP contribution in [0, 0.1) is 0 Å². The molecule has 0 rings (SSSR count). The van der Waals surface area contributed by atoms with Crippen molar-refractivity contribution in [1.29, 1.82) is 0 Å². The predicted octanol–water partition coefficient (Wildman–Crippen LogP) is 2.24. The summed E-state index contributed by atoms with van der Waals surface area (Å²) in [4.78, 5) is 11.0. The standard InChI is InChI=1S/C7H11O2.2CH3O.CH3.Ti/c1-4-5-9-7(8)6(2)3;2*1-2;;/h1-2,4-5H2,3H3;2*1H3;1H3;/q;2*-1;;+2. The Labute approximate surface area is 95.9 Å². The Kier molecular flexibility index (Phi) is 7.10. The van der Waals surface area contributed by atoms with E-state index in [2.05, 4.69) is 6.58 Å². The van der Waals surface area contributed by atoms with Crippen LogP contribution in [0.15, 0.2) is 12.2 Å². The van der Waals surface area contributed by atoms with Crippen molar-refractivity contribution in [1.82, 2.24) is 0 Å². The van der Waals surface area contributed by atoms with E-state index in [4.69, 9.17) is 11.4 Å². The second kappa shape index (κ2) is 7.17. The van der Waals surface area contributed by atoms with Crippen LogP contribution in [0.5, 0.6) is 0 Å². The van der Waals surface area contributed by atoms with Gasteiger partial charge in [-0.05, 0) is 0 Å². The zero-order chi connectivity index (χ0) is 11.9. The maximum atomic E-state index is 11.0. The topological polar surface area (TPSA) is 44.8 Å². The minimum atomic E-state index is -2.50. The van der Waals surface area contributed by atoms with Gasteiger partial charge in [0.2, 0.25) is 0 Å². The van der Waals surface area contributed by atoms with Crippen molar-refractivity contribution in [2.45, 2.75) is 23.3 Å². The summed E-state index contributed by atoms with van der Waals surface area (Å²) in [5, 5.41) is 2.03. The molecule has 4 nitrogen and oxygen atoms in total. The molecule has 0 spiro atoms. The number of rotatable bonds is 7. The van der Waals surface area contributed by atoms with Crippen LogP contribution in [0.25, 0.3) is 0 Å². The summed E-state index contributed by atoms with van der Waals surface area (Å²) >= 11 is -2.50. The number of carbonyl (C=O) groups is 1. The fraction of sp³-hybridized carbons (Fsp3) is 0.700. The average Bonchev–Trinajstić information content (AvgIpc) is 2.23. The van der Waals surface area contributed by atoms with E-state index < -0.39 is 17.4 Å². The summed E-state index contributed by atoms with van der Waals surface area (Å²) in [6, 6.07) is 0. The molecule has 0 aliphatic rings. The fourth-order valence-electron chi connectivity index (χ4n) is 0.969. The van der Waals surface area contributed by atoms with Crippen molar-refractivity contribution in [3.05, 3.63) is 12.2 Å². The summed E-state index contributed by atoms with van der Waals surface area (Å²) in [6.45, 7) is 5.54. The Hall–Kier alpha value is -0.156. The molecule has 0 saturated carbocycles. The Morgan fingerprint density at radius 3 is 2.27 bits per heavy atom. The summed E-state index contributed by atoms with van der Waals surface area (Å²) in [7, 11) is 3.34. The van der Waals surface area contributed by atoms with E-state index in [9.17, 15) is 4.79 Å². The van der Waals surface area contributed by atoms with Gasteiger partial charge in [0.1, 0.15) is 0 Å². The van der Waals surface area contributed by atoms with Gasteiger partial charge in [-0.1, -0.05) is 0 Å². The van der Waals surface area contributed by atoms with E-state index in [0.717, 1.165) is 11.1 Å². The molecule has 0 atom stereocenters. The van der Waals surface area contributed by atoms with Crippen LogP contribution < -0.4 is 0 Å². The maximum absolute atomic E-state index is 11.0. The molecule has 0 aromatic heterocycles. The summed E-state index contributed by atoms with van der Waals surface area (Å²) < 4.78 is 16.5. The van der Waals surface area contributed by atoms with Gasteiger partial charge >= 0.3 is 95.8 Å². The average molecular weight is 252 g/mol. The number of hydrogen-bond donors (Lipinski definition) is 0. The quantitative estimate of drug-likeness (QED) is 0.301. The van der Waals surface area contributed by atoms with Crippen LogP contribution in [0.1, 0.15) is 13.3 Å². The summed E-state index contributed by atoms with van der Waals surface area (Å²) in [6.07, 6.45) is 0.775. The first-order valence-corrected chi connectivity index (χ1v) is 8.82. The first-order valence-electron chi connectivity index (χ1n) is 4.88. The van der Waals surface area contributed by atoms with Gasteiger partial charge in [-0.3, -0.25) is 0 Å². The van der Waals surface area contributed by atoms with E-state index in [1.165, 1.54) is 0 Å². The van der Waals surface area contributed by atoms with Crippen molar-refractivity contribution < 1.29 is 33.5 Å². The van der Waals surface area contributed by atoms with Crippen molar-refractivity contribution in [3.63, 3.8) is 0 Å². The molecular formula is C10H20O4Ti. The predicted molar refractivity (Wildman–Crippen MR) is 55.1 cm³/mol. The van der Waals surface area contributed by atoms with Crippen molar-refractivity contribution in [3.8, 4) is 0 Å². The van der Waals surface area contributed by atoms with Crippen LogP contribution in [0.2, 0.25) is 9.95 Å². The van der Waals surface area contributed by atoms with Crippen LogP contribution in [-0.4, -0.2) is 26.8 Å². The molecule has 88 valence electrons. The zero-order valence-electron chi connectivity index (χ0n) is 9.96. The van der Waals surface area contributed by atoms with E-state index >= 15 is 0 Å². The monoisotopic (exact) mass is 252 g/mol. The minimum absolute atomic E-state index is 0.334. The molecule has 0 aliphatic heterocycles. The van der Waals surface area contributed by atoms with Crippen molar-refractivity contribution in [2.75, 3.05) is 20.8 Å². The van der Waals surface area contributed by atoms with Gasteiger partial charge in [-0.25, -0.2) is 0 Å². The number of ether oxygens (including phenoxy) is 1. The summed E-state index contributed by atoms with van der Waals surface area (Å²) in [5.74, 6) is -0.334. The molecule has 0 fully saturated rings. The van der Waals surface area contributed by atoms with E-state index in [0.29, 0.717) is 12.2 Å². The molecule has 0 heterocycles. The van der Waals surface area contributed by atoms with Crippen LogP contribution in [0.3, 0.4) is 0 Å². The number of carbonyl (C=O) groups excluding carboxylic acids is 1. The Bertz CT molecular complexity index is 223. The second-order valence-electron chi connectivity index (χ2n) is 3.56. The van der Waals surface area contributed by atoms with E-state index in [1.54, 1.807) is 21.1 Å². The molecule has 0 N–H and O–H groups in total. The van der Waals surface area contributed by atoms with Crippen molar-refractivity contribution >= 4 is 5.97 Å². The molecule has 0 aromatic carbocycles. The molecule has 0 amide bonds. The Morgan fingerprint density at radius 1 is 1.33 bits per heavy atom. The van der Waals surface area contributed by atoms with Crippen LogP contribution >= 0.6 is 0 Å². The van der Waals surface area contributed by atoms with Gasteiger partial charge in [-0.15, -0.1) is 0 Å². The van der Waals surface area contributed by atoms with Crippen LogP contribution in [-0.2, 0) is 33.5 Å². The first-order chi connectivity index (χ1) is 6.95. The van der Waals surface area contributed by atoms with Gasteiger partial charge in [-0.2, -0.15) is 0 Å². The molecule has 5 heteroatoms. The molecule has 0 radical (unpaired) electrons. The molecule has 0 aromatic rings. The third kappa shape index (κ3) is 6.10. The molecule has 0 saturated heterocycles. The molecule has 0 bridgehead atoms. The fourth-order valence-corrected chi connectivity index (χ4v) is 3.09. The second-order valence-corrected chi connectivity index (χ2v) is 9.16. The van der Waals surface area contributed by atoms with Gasteiger partial charge in [0.05, 0.1) is 0 Å². The van der Waals surface area contributed by atoms with E-state index in [-0.39, 0.29) is 5.97 Å². The van der Waals surface area contributed by atoms with Gasteiger partial charge in [0, 0.05) is 0 Å². The van der Waals surface area contributed by atoms with Crippen molar-refractivity contribution in [2.24, 2.45) is 0 Å². The molecule has 0 unspecified atom stereocenters. The Balaban J connectivity index is 3.71. The van der Waals surface area contributed by atoms with Crippen LogP contribution in [0.4, 0.5) is 0 Å². The van der Waals surface area contributed by atoms with Gasteiger partial charge < -0.3 is 0 Å². The van der Waals surface area contributed by atoms with Gasteiger partial charge in [0.25, 0.3) is 0 Å². The number of esters is 1. The van der Waals surface area contributed by atoms with Gasteiger partial charge in [0.15, 0.2) is 0 Å². The summed E-state index contributed by atoms with van der Waals surface area (Å²) in [5.41, 5.74) is 0.428.